The van der Waals surface area contributed by atoms with Gasteiger partial charge in [0.1, 0.15) is 0 Å². The van der Waals surface area contributed by atoms with E-state index in [9.17, 15) is 9.59 Å². The van der Waals surface area contributed by atoms with Crippen molar-refractivity contribution in [2.45, 2.75) is 39.2 Å². The first-order valence-corrected chi connectivity index (χ1v) is 11.9. The number of ketones is 1. The Balaban J connectivity index is 1.74. The number of allylic oxidation sites excluding steroid dienone is 1. The van der Waals surface area contributed by atoms with Crippen molar-refractivity contribution in [1.29, 1.82) is 0 Å². The number of amides is 1. The highest BCUT2D eigenvalue weighted by atomic mass is 35.5. The Kier molecular flexibility index (Phi) is 5.78. The molecule has 0 radical (unpaired) electrons. The standard InChI is InChI=1S/C29H27ClN2O2/c1-29(2)17-23-27(25(33)18-29)28(20-12-6-7-13-21(20)30)32(24-15-9-8-14-22(24)31-23)26(34)16-19-10-4-3-5-11-19/h3-15,28,31H,16-18H2,1-2H3/t28-/m1/s1. The van der Waals surface area contributed by atoms with E-state index in [0.717, 1.165) is 28.2 Å². The molecule has 3 aromatic rings. The molecule has 34 heavy (non-hydrogen) atoms. The zero-order valence-electron chi connectivity index (χ0n) is 19.3. The van der Waals surface area contributed by atoms with Crippen LogP contribution in [0.2, 0.25) is 5.02 Å². The summed E-state index contributed by atoms with van der Waals surface area (Å²) < 4.78 is 0. The van der Waals surface area contributed by atoms with Gasteiger partial charge in [-0.15, -0.1) is 0 Å². The minimum absolute atomic E-state index is 0.0500. The lowest BCUT2D eigenvalue weighted by Crippen LogP contribution is -2.40. The van der Waals surface area contributed by atoms with Gasteiger partial charge < -0.3 is 5.32 Å². The van der Waals surface area contributed by atoms with Crippen LogP contribution < -0.4 is 10.2 Å². The van der Waals surface area contributed by atoms with E-state index in [1.54, 1.807) is 4.90 Å². The minimum Gasteiger partial charge on any atom is -0.357 e. The maximum atomic E-state index is 14.0. The molecule has 2 aliphatic rings. The molecule has 172 valence electrons. The fraction of sp³-hybridized carbons (Fsp3) is 0.241. The van der Waals surface area contributed by atoms with E-state index in [0.29, 0.717) is 23.4 Å². The summed E-state index contributed by atoms with van der Waals surface area (Å²) in [5.41, 5.74) is 4.56. The molecule has 3 aromatic carbocycles. The lowest BCUT2D eigenvalue weighted by molar-refractivity contribution is -0.119. The van der Waals surface area contributed by atoms with Crippen LogP contribution in [0.4, 0.5) is 11.4 Å². The van der Waals surface area contributed by atoms with Gasteiger partial charge in [-0.2, -0.15) is 0 Å². The van der Waals surface area contributed by atoms with E-state index in [1.807, 2.05) is 78.9 Å². The Morgan fingerprint density at radius 3 is 2.41 bits per heavy atom. The molecule has 1 aliphatic heterocycles. The summed E-state index contributed by atoms with van der Waals surface area (Å²) in [6.07, 6.45) is 1.36. The lowest BCUT2D eigenvalue weighted by atomic mass is 9.73. The molecule has 5 heteroatoms. The highest BCUT2D eigenvalue weighted by Crippen LogP contribution is 2.49. The molecule has 4 nitrogen and oxygen atoms in total. The van der Waals surface area contributed by atoms with E-state index in [4.69, 9.17) is 11.6 Å². The molecule has 0 fully saturated rings. The van der Waals surface area contributed by atoms with Gasteiger partial charge in [0.2, 0.25) is 5.91 Å². The summed E-state index contributed by atoms with van der Waals surface area (Å²) in [4.78, 5) is 29.5. The van der Waals surface area contributed by atoms with Crippen LogP contribution >= 0.6 is 11.6 Å². The minimum atomic E-state index is -0.611. The zero-order valence-corrected chi connectivity index (χ0v) is 20.1. The van der Waals surface area contributed by atoms with Gasteiger partial charge in [-0.05, 0) is 41.2 Å². The van der Waals surface area contributed by atoms with E-state index >= 15 is 0 Å². The van der Waals surface area contributed by atoms with Crippen LogP contribution in [-0.2, 0) is 16.0 Å². The van der Waals surface area contributed by atoms with Gasteiger partial charge in [-0.3, -0.25) is 14.5 Å². The van der Waals surface area contributed by atoms with Crippen LogP contribution in [0, 0.1) is 5.41 Å². The number of benzene rings is 3. The first-order valence-electron chi connectivity index (χ1n) is 11.6. The van der Waals surface area contributed by atoms with Gasteiger partial charge in [-0.1, -0.05) is 86.1 Å². The molecule has 1 heterocycles. The number of nitrogens with zero attached hydrogens (tertiary/aromatic N) is 1. The van der Waals surface area contributed by atoms with E-state index < -0.39 is 6.04 Å². The molecule has 1 atom stereocenters. The summed E-state index contributed by atoms with van der Waals surface area (Å²) in [5, 5.41) is 4.07. The first kappa shape index (κ1) is 22.4. The molecule has 0 bridgehead atoms. The average molecular weight is 471 g/mol. The van der Waals surface area contributed by atoms with E-state index in [2.05, 4.69) is 19.2 Å². The molecule has 0 aromatic heterocycles. The summed E-state index contributed by atoms with van der Waals surface area (Å²) in [6.45, 7) is 4.21. The monoisotopic (exact) mass is 470 g/mol. The highest BCUT2D eigenvalue weighted by molar-refractivity contribution is 6.31. The molecule has 1 aliphatic carbocycles. The van der Waals surface area contributed by atoms with Crippen molar-refractivity contribution in [3.05, 3.63) is 106 Å². The van der Waals surface area contributed by atoms with Gasteiger partial charge in [0.25, 0.3) is 0 Å². The maximum Gasteiger partial charge on any atom is 0.232 e. The number of anilines is 2. The van der Waals surface area contributed by atoms with E-state index in [-0.39, 0.29) is 23.5 Å². The molecular weight excluding hydrogens is 444 g/mol. The summed E-state index contributed by atoms with van der Waals surface area (Å²) >= 11 is 6.71. The number of fused-ring (bicyclic) bond motifs is 1. The van der Waals surface area contributed by atoms with Crippen molar-refractivity contribution < 1.29 is 9.59 Å². The van der Waals surface area contributed by atoms with Crippen LogP contribution in [0.5, 0.6) is 0 Å². The number of hydrogen-bond donors (Lipinski definition) is 1. The second-order valence-corrected chi connectivity index (χ2v) is 10.2. The molecule has 0 unspecified atom stereocenters. The second-order valence-electron chi connectivity index (χ2n) is 9.83. The van der Waals surface area contributed by atoms with Crippen LogP contribution in [0.1, 0.15) is 43.9 Å². The SMILES string of the molecule is CC1(C)CC(=O)C2=C(C1)Nc1ccccc1N(C(=O)Cc1ccccc1)[C@@H]2c1ccccc1Cl. The summed E-state index contributed by atoms with van der Waals surface area (Å²) in [7, 11) is 0. The van der Waals surface area contributed by atoms with Crippen molar-refractivity contribution in [2.24, 2.45) is 5.41 Å². The van der Waals surface area contributed by atoms with Gasteiger partial charge >= 0.3 is 0 Å². The molecule has 1 amide bonds. The van der Waals surface area contributed by atoms with Crippen LogP contribution in [0.25, 0.3) is 0 Å². The predicted molar refractivity (Wildman–Crippen MR) is 137 cm³/mol. The number of Topliss-reactive ketones (excluding diaryl/α,β-unsaturated/α-hetero) is 1. The zero-order chi connectivity index (χ0) is 23.9. The third kappa shape index (κ3) is 4.14. The third-order valence-electron chi connectivity index (χ3n) is 6.57. The number of carbonyl (C=O) groups is 2. The van der Waals surface area contributed by atoms with Crippen molar-refractivity contribution in [2.75, 3.05) is 10.2 Å². The van der Waals surface area contributed by atoms with Gasteiger partial charge in [0, 0.05) is 22.7 Å². The first-order chi connectivity index (χ1) is 16.3. The Morgan fingerprint density at radius 2 is 1.65 bits per heavy atom. The maximum absolute atomic E-state index is 14.0. The Hall–Kier alpha value is -3.37. The van der Waals surface area contributed by atoms with Crippen LogP contribution in [0.15, 0.2) is 90.1 Å². The smallest absolute Gasteiger partial charge is 0.232 e. The molecule has 0 spiro atoms. The average Bonchev–Trinajstić information content (AvgIpc) is 2.93. The van der Waals surface area contributed by atoms with Gasteiger partial charge in [0.15, 0.2) is 5.78 Å². The molecule has 5 rings (SSSR count). The third-order valence-corrected chi connectivity index (χ3v) is 6.91. The summed E-state index contributed by atoms with van der Waals surface area (Å²) in [5.74, 6) is -0.0364. The quantitative estimate of drug-likeness (QED) is 0.462. The highest BCUT2D eigenvalue weighted by Gasteiger charge is 2.43. The number of carbonyl (C=O) groups excluding carboxylic acids is 2. The number of rotatable bonds is 3. The number of para-hydroxylation sites is 2. The van der Waals surface area contributed by atoms with Gasteiger partial charge in [-0.25, -0.2) is 0 Å². The number of nitrogens with one attached hydrogen (secondary N) is 1. The van der Waals surface area contributed by atoms with Crippen molar-refractivity contribution in [1.82, 2.24) is 0 Å². The topological polar surface area (TPSA) is 49.4 Å². The predicted octanol–water partition coefficient (Wildman–Crippen LogP) is 6.73. The largest absolute Gasteiger partial charge is 0.357 e. The van der Waals surface area contributed by atoms with Crippen molar-refractivity contribution >= 4 is 34.7 Å². The fourth-order valence-corrected chi connectivity index (χ4v) is 5.35. The Labute approximate surface area is 205 Å². The van der Waals surface area contributed by atoms with Crippen molar-refractivity contribution in [3.63, 3.8) is 0 Å². The molecular formula is C29H27ClN2O2. The van der Waals surface area contributed by atoms with E-state index in [1.165, 1.54) is 0 Å². The second kappa shape index (κ2) is 8.77. The fourth-order valence-electron chi connectivity index (χ4n) is 5.11. The van der Waals surface area contributed by atoms with Gasteiger partial charge in [0.05, 0.1) is 23.8 Å². The lowest BCUT2D eigenvalue weighted by Gasteiger charge is -2.37. The number of hydrogen-bond acceptors (Lipinski definition) is 3. The molecule has 1 N–H and O–H groups in total. The van der Waals surface area contributed by atoms with Crippen molar-refractivity contribution in [3.8, 4) is 0 Å². The van der Waals surface area contributed by atoms with Crippen LogP contribution in [0.3, 0.4) is 0 Å². The van der Waals surface area contributed by atoms with Crippen LogP contribution in [-0.4, -0.2) is 11.7 Å². The Bertz CT molecular complexity index is 1300. The molecule has 0 saturated carbocycles. The number of halogens is 1. The molecule has 0 saturated heterocycles. The normalized spacial score (nSPS) is 19.1. The summed E-state index contributed by atoms with van der Waals surface area (Å²) in [6, 6.07) is 24.3. The Morgan fingerprint density at radius 1 is 0.971 bits per heavy atom.